The highest BCUT2D eigenvalue weighted by molar-refractivity contribution is 8.13. The molecule has 0 spiro atoms. The van der Waals surface area contributed by atoms with E-state index in [4.69, 9.17) is 10.7 Å². The molecule has 1 aromatic heterocycles. The highest BCUT2D eigenvalue weighted by Gasteiger charge is 2.25. The van der Waals surface area contributed by atoms with E-state index in [2.05, 4.69) is 10.2 Å². The molecule has 0 bridgehead atoms. The Kier molecular flexibility index (Phi) is 3.85. The molecule has 1 aromatic carbocycles. The summed E-state index contributed by atoms with van der Waals surface area (Å²) >= 11 is 0. The Morgan fingerprint density at radius 2 is 1.70 bits per heavy atom. The van der Waals surface area contributed by atoms with Crippen LogP contribution in [0, 0.1) is 0 Å². The van der Waals surface area contributed by atoms with Gasteiger partial charge in [0, 0.05) is 22.6 Å². The van der Waals surface area contributed by atoms with Crippen LogP contribution in [0.3, 0.4) is 0 Å². The van der Waals surface area contributed by atoms with Crippen molar-refractivity contribution in [3.63, 3.8) is 0 Å². The van der Waals surface area contributed by atoms with E-state index in [0.29, 0.717) is 5.69 Å². The Morgan fingerprint density at radius 3 is 2.20 bits per heavy atom. The summed E-state index contributed by atoms with van der Waals surface area (Å²) in [5.41, 5.74) is 0.412. The van der Waals surface area contributed by atoms with Gasteiger partial charge in [-0.1, -0.05) is 18.2 Å². The first-order chi connectivity index (χ1) is 9.18. The second-order valence-electron chi connectivity index (χ2n) is 4.08. The zero-order valence-electron chi connectivity index (χ0n) is 10.3. The van der Waals surface area contributed by atoms with Gasteiger partial charge in [0.25, 0.3) is 14.2 Å². The minimum Gasteiger partial charge on any atom is -0.268 e. The van der Waals surface area contributed by atoms with Crippen LogP contribution in [0.5, 0.6) is 0 Å². The molecule has 108 valence electrons. The van der Waals surface area contributed by atoms with E-state index >= 15 is 0 Å². The van der Waals surface area contributed by atoms with E-state index < -0.39 is 29.8 Å². The van der Waals surface area contributed by atoms with Gasteiger partial charge in [0.1, 0.15) is 5.75 Å². The number of halogens is 1. The number of nitrogens with zero attached hydrogens (tertiary/aromatic N) is 3. The zero-order chi connectivity index (χ0) is 15.0. The van der Waals surface area contributed by atoms with Crippen molar-refractivity contribution in [2.24, 2.45) is 0 Å². The Labute approximate surface area is 120 Å². The van der Waals surface area contributed by atoms with Crippen molar-refractivity contribution in [3.05, 3.63) is 36.2 Å². The standard InChI is InChI=1S/C10H10ClN3O4S2/c1-19(15,16)7-9-12-13-10(20(11,17)18)14(9)8-5-3-2-4-6-8/h2-6H,7H2,1H3. The first-order valence-electron chi connectivity index (χ1n) is 5.30. The second-order valence-corrected chi connectivity index (χ2v) is 8.68. The van der Waals surface area contributed by atoms with Crippen LogP contribution in [0.4, 0.5) is 0 Å². The normalized spacial score (nSPS) is 12.5. The molecule has 0 atom stereocenters. The summed E-state index contributed by atoms with van der Waals surface area (Å²) in [6.45, 7) is 0. The van der Waals surface area contributed by atoms with Crippen molar-refractivity contribution in [1.29, 1.82) is 0 Å². The fourth-order valence-electron chi connectivity index (χ4n) is 1.62. The topological polar surface area (TPSA) is 99.0 Å². The molecule has 0 saturated heterocycles. The summed E-state index contributed by atoms with van der Waals surface area (Å²) in [5, 5.41) is 6.58. The molecule has 0 fully saturated rings. The molecular weight excluding hydrogens is 326 g/mol. The van der Waals surface area contributed by atoms with Gasteiger partial charge in [-0.2, -0.15) is 0 Å². The van der Waals surface area contributed by atoms with Gasteiger partial charge in [-0.05, 0) is 12.1 Å². The van der Waals surface area contributed by atoms with Gasteiger partial charge in [-0.3, -0.25) is 4.57 Å². The first-order valence-corrected chi connectivity index (χ1v) is 9.67. The lowest BCUT2D eigenvalue weighted by molar-refractivity contribution is 0.593. The zero-order valence-corrected chi connectivity index (χ0v) is 12.7. The van der Waals surface area contributed by atoms with E-state index in [9.17, 15) is 16.8 Å². The fourth-order valence-corrected chi connectivity index (χ4v) is 3.15. The van der Waals surface area contributed by atoms with Crippen LogP contribution < -0.4 is 0 Å². The molecule has 0 aliphatic heterocycles. The van der Waals surface area contributed by atoms with Crippen LogP contribution in [0.1, 0.15) is 5.82 Å². The molecule has 10 heteroatoms. The minimum absolute atomic E-state index is 0.0158. The van der Waals surface area contributed by atoms with Crippen molar-refractivity contribution in [1.82, 2.24) is 14.8 Å². The SMILES string of the molecule is CS(=O)(=O)Cc1nnc(S(=O)(=O)Cl)n1-c1ccccc1. The summed E-state index contributed by atoms with van der Waals surface area (Å²) < 4.78 is 46.9. The van der Waals surface area contributed by atoms with E-state index in [1.807, 2.05) is 0 Å². The number of hydrogen-bond donors (Lipinski definition) is 0. The molecule has 7 nitrogen and oxygen atoms in total. The number of benzene rings is 1. The molecule has 0 saturated carbocycles. The average molecular weight is 336 g/mol. The molecule has 2 rings (SSSR count). The molecule has 0 N–H and O–H groups in total. The fraction of sp³-hybridized carbons (Fsp3) is 0.200. The maximum atomic E-state index is 11.5. The second kappa shape index (κ2) is 5.15. The third-order valence-corrected chi connectivity index (χ3v) is 4.22. The summed E-state index contributed by atoms with van der Waals surface area (Å²) in [4.78, 5) is 0. The van der Waals surface area contributed by atoms with Crippen LogP contribution in [0.25, 0.3) is 5.69 Å². The summed E-state index contributed by atoms with van der Waals surface area (Å²) in [6.07, 6.45) is 1.02. The molecule has 0 unspecified atom stereocenters. The van der Waals surface area contributed by atoms with Gasteiger partial charge in [0.05, 0.1) is 0 Å². The van der Waals surface area contributed by atoms with Crippen molar-refractivity contribution >= 4 is 29.6 Å². The first kappa shape index (κ1) is 14.9. The average Bonchev–Trinajstić information content (AvgIpc) is 2.71. The van der Waals surface area contributed by atoms with Crippen molar-refractivity contribution in [2.45, 2.75) is 10.9 Å². The van der Waals surface area contributed by atoms with Gasteiger partial charge in [0.15, 0.2) is 15.7 Å². The summed E-state index contributed by atoms with van der Waals surface area (Å²) in [5.74, 6) is -0.459. The van der Waals surface area contributed by atoms with E-state index in [1.165, 1.54) is 0 Å². The van der Waals surface area contributed by atoms with Crippen molar-refractivity contribution in [2.75, 3.05) is 6.26 Å². The maximum absolute atomic E-state index is 11.5. The number of para-hydroxylation sites is 1. The highest BCUT2D eigenvalue weighted by Crippen LogP contribution is 2.20. The summed E-state index contributed by atoms with van der Waals surface area (Å²) in [7, 11) is -2.25. The quantitative estimate of drug-likeness (QED) is 0.764. The number of aromatic nitrogens is 3. The van der Waals surface area contributed by atoms with Crippen LogP contribution in [0.2, 0.25) is 0 Å². The minimum atomic E-state index is -4.15. The molecule has 0 amide bonds. The third-order valence-electron chi connectivity index (χ3n) is 2.32. The lowest BCUT2D eigenvalue weighted by Crippen LogP contribution is -2.11. The lowest BCUT2D eigenvalue weighted by Gasteiger charge is -2.08. The summed E-state index contributed by atoms with van der Waals surface area (Å²) in [6, 6.07) is 8.27. The third kappa shape index (κ3) is 3.35. The van der Waals surface area contributed by atoms with E-state index in [0.717, 1.165) is 10.8 Å². The smallest absolute Gasteiger partial charge is 0.268 e. The van der Waals surface area contributed by atoms with Gasteiger partial charge in [0.2, 0.25) is 0 Å². The van der Waals surface area contributed by atoms with Crippen LogP contribution in [-0.2, 0) is 24.6 Å². The highest BCUT2D eigenvalue weighted by atomic mass is 35.7. The molecular formula is C10H10ClN3O4S2. The monoisotopic (exact) mass is 335 g/mol. The predicted octanol–water partition coefficient (Wildman–Crippen LogP) is 0.739. The van der Waals surface area contributed by atoms with Crippen molar-refractivity contribution in [3.8, 4) is 5.69 Å². The van der Waals surface area contributed by atoms with Crippen LogP contribution in [-0.4, -0.2) is 37.9 Å². The van der Waals surface area contributed by atoms with Gasteiger partial charge in [-0.25, -0.2) is 16.8 Å². The maximum Gasteiger partial charge on any atom is 0.297 e. The largest absolute Gasteiger partial charge is 0.297 e. The van der Waals surface area contributed by atoms with Gasteiger partial charge >= 0.3 is 0 Å². The van der Waals surface area contributed by atoms with E-state index in [1.54, 1.807) is 30.3 Å². The lowest BCUT2D eigenvalue weighted by atomic mass is 10.3. The molecule has 0 radical (unpaired) electrons. The van der Waals surface area contributed by atoms with Gasteiger partial charge in [-0.15, -0.1) is 10.2 Å². The van der Waals surface area contributed by atoms with Crippen molar-refractivity contribution < 1.29 is 16.8 Å². The Balaban J connectivity index is 2.70. The number of rotatable bonds is 4. The molecule has 2 aromatic rings. The molecule has 20 heavy (non-hydrogen) atoms. The predicted molar refractivity (Wildman–Crippen MR) is 72.9 cm³/mol. The van der Waals surface area contributed by atoms with Crippen LogP contribution in [0.15, 0.2) is 35.5 Å². The number of hydrogen-bond acceptors (Lipinski definition) is 6. The number of sulfone groups is 1. The molecule has 0 aliphatic rings. The molecule has 0 aliphatic carbocycles. The molecule has 1 heterocycles. The Morgan fingerprint density at radius 1 is 1.10 bits per heavy atom. The Bertz CT molecular complexity index is 829. The van der Waals surface area contributed by atoms with Crippen LogP contribution >= 0.6 is 10.7 Å². The Hall–Kier alpha value is -1.45. The van der Waals surface area contributed by atoms with Gasteiger partial charge < -0.3 is 0 Å². The van der Waals surface area contributed by atoms with E-state index in [-0.39, 0.29) is 5.82 Å².